The molecule has 1 N–H and O–H groups in total. The predicted octanol–water partition coefficient (Wildman–Crippen LogP) is 4.83. The number of halogens is 1. The van der Waals surface area contributed by atoms with Crippen LogP contribution in [0.2, 0.25) is 5.02 Å². The standard InChI is InChI=1S/C21H25ClN2O4/c1-4-10-27-21-18(22)11-16(12-19(21)26-5-2)13-23-28-14-20(25)24-17-8-6-15(3)7-9-17/h6-9,11-13H,4-5,10,14H2,1-3H3,(H,24,25)/b23-13+. The van der Waals surface area contributed by atoms with Gasteiger partial charge in [-0.2, -0.15) is 0 Å². The Morgan fingerprint density at radius 1 is 1.18 bits per heavy atom. The molecule has 2 aromatic carbocycles. The van der Waals surface area contributed by atoms with Crippen molar-refractivity contribution >= 4 is 29.4 Å². The van der Waals surface area contributed by atoms with E-state index in [4.69, 9.17) is 25.9 Å². The van der Waals surface area contributed by atoms with Crippen molar-refractivity contribution in [3.05, 3.63) is 52.5 Å². The third-order valence-corrected chi connectivity index (χ3v) is 3.87. The molecule has 2 rings (SSSR count). The van der Waals surface area contributed by atoms with Crippen LogP contribution in [0.15, 0.2) is 41.6 Å². The lowest BCUT2D eigenvalue weighted by atomic mass is 10.2. The summed E-state index contributed by atoms with van der Waals surface area (Å²) in [6, 6.07) is 11.0. The lowest BCUT2D eigenvalue weighted by Gasteiger charge is -2.13. The van der Waals surface area contributed by atoms with Crippen LogP contribution in [-0.4, -0.2) is 31.9 Å². The number of benzene rings is 2. The molecule has 0 spiro atoms. The SMILES string of the molecule is CCCOc1c(Cl)cc(/C=N/OCC(=O)Nc2ccc(C)cc2)cc1OCC. The van der Waals surface area contributed by atoms with Crippen molar-refractivity contribution in [1.82, 2.24) is 0 Å². The van der Waals surface area contributed by atoms with Gasteiger partial charge in [0.2, 0.25) is 0 Å². The molecule has 0 aromatic heterocycles. The van der Waals surface area contributed by atoms with Crippen molar-refractivity contribution < 1.29 is 19.1 Å². The number of oxime groups is 1. The van der Waals surface area contributed by atoms with Crippen LogP contribution in [0, 0.1) is 6.92 Å². The van der Waals surface area contributed by atoms with Crippen LogP contribution in [0.5, 0.6) is 11.5 Å². The molecule has 0 saturated carbocycles. The van der Waals surface area contributed by atoms with E-state index in [0.29, 0.717) is 41.0 Å². The number of nitrogens with zero attached hydrogens (tertiary/aromatic N) is 1. The molecule has 0 aliphatic rings. The molecule has 0 fully saturated rings. The summed E-state index contributed by atoms with van der Waals surface area (Å²) in [4.78, 5) is 17.0. The summed E-state index contributed by atoms with van der Waals surface area (Å²) < 4.78 is 11.3. The van der Waals surface area contributed by atoms with E-state index in [1.807, 2.05) is 45.0 Å². The Kier molecular flexibility index (Phi) is 8.62. The predicted molar refractivity (Wildman–Crippen MR) is 112 cm³/mol. The quantitative estimate of drug-likeness (QED) is 0.455. The average Bonchev–Trinajstić information content (AvgIpc) is 2.67. The van der Waals surface area contributed by atoms with E-state index in [9.17, 15) is 4.79 Å². The van der Waals surface area contributed by atoms with Gasteiger partial charge in [0.05, 0.1) is 24.5 Å². The fraction of sp³-hybridized carbons (Fsp3) is 0.333. The highest BCUT2D eigenvalue weighted by molar-refractivity contribution is 6.32. The third kappa shape index (κ3) is 6.78. The lowest BCUT2D eigenvalue weighted by molar-refractivity contribution is -0.120. The number of amides is 1. The molecule has 1 amide bonds. The van der Waals surface area contributed by atoms with Crippen LogP contribution in [0.1, 0.15) is 31.4 Å². The molecule has 150 valence electrons. The number of rotatable bonds is 10. The molecule has 0 saturated heterocycles. The molecule has 7 heteroatoms. The fourth-order valence-electron chi connectivity index (χ4n) is 2.30. The van der Waals surface area contributed by atoms with E-state index in [1.165, 1.54) is 6.21 Å². The van der Waals surface area contributed by atoms with Crippen LogP contribution in [-0.2, 0) is 9.63 Å². The van der Waals surface area contributed by atoms with Gasteiger partial charge in [0.15, 0.2) is 18.1 Å². The van der Waals surface area contributed by atoms with Crippen molar-refractivity contribution in [2.75, 3.05) is 25.1 Å². The molecule has 0 aliphatic carbocycles. The Balaban J connectivity index is 1.93. The maximum Gasteiger partial charge on any atom is 0.265 e. The van der Waals surface area contributed by atoms with E-state index >= 15 is 0 Å². The Morgan fingerprint density at radius 3 is 2.61 bits per heavy atom. The molecule has 0 unspecified atom stereocenters. The first-order chi connectivity index (χ1) is 13.5. The third-order valence-electron chi connectivity index (χ3n) is 3.59. The van der Waals surface area contributed by atoms with E-state index in [1.54, 1.807) is 12.1 Å². The summed E-state index contributed by atoms with van der Waals surface area (Å²) >= 11 is 6.30. The minimum absolute atomic E-state index is 0.200. The van der Waals surface area contributed by atoms with Crippen molar-refractivity contribution in [2.24, 2.45) is 5.16 Å². The highest BCUT2D eigenvalue weighted by atomic mass is 35.5. The summed E-state index contributed by atoms with van der Waals surface area (Å²) in [6.07, 6.45) is 2.33. The van der Waals surface area contributed by atoms with Gasteiger partial charge in [0, 0.05) is 11.3 Å². The number of hydrogen-bond donors (Lipinski definition) is 1. The van der Waals surface area contributed by atoms with Gasteiger partial charge < -0.3 is 19.6 Å². The second kappa shape index (κ2) is 11.2. The first-order valence-electron chi connectivity index (χ1n) is 9.14. The number of hydrogen-bond acceptors (Lipinski definition) is 5. The Morgan fingerprint density at radius 2 is 1.93 bits per heavy atom. The number of ether oxygens (including phenoxy) is 2. The van der Waals surface area contributed by atoms with Crippen molar-refractivity contribution in [2.45, 2.75) is 27.2 Å². The van der Waals surface area contributed by atoms with E-state index in [0.717, 1.165) is 12.0 Å². The minimum Gasteiger partial charge on any atom is -0.490 e. The van der Waals surface area contributed by atoms with Crippen molar-refractivity contribution in [3.8, 4) is 11.5 Å². The van der Waals surface area contributed by atoms with Gasteiger partial charge in [0.25, 0.3) is 5.91 Å². The first kappa shape index (κ1) is 21.6. The average molecular weight is 405 g/mol. The molecule has 28 heavy (non-hydrogen) atoms. The molecule has 0 heterocycles. The Hall–Kier alpha value is -2.73. The number of carbonyl (C=O) groups excluding carboxylic acids is 1. The van der Waals surface area contributed by atoms with Crippen LogP contribution in [0.25, 0.3) is 0 Å². The molecule has 0 aliphatic heterocycles. The van der Waals surface area contributed by atoms with Crippen molar-refractivity contribution in [1.29, 1.82) is 0 Å². The second-order valence-corrected chi connectivity index (χ2v) is 6.44. The van der Waals surface area contributed by atoms with Crippen LogP contribution in [0.3, 0.4) is 0 Å². The molecular weight excluding hydrogens is 380 g/mol. The van der Waals surface area contributed by atoms with Gasteiger partial charge in [-0.3, -0.25) is 4.79 Å². The fourth-order valence-corrected chi connectivity index (χ4v) is 2.57. The van der Waals surface area contributed by atoms with E-state index < -0.39 is 0 Å². The van der Waals surface area contributed by atoms with Gasteiger partial charge in [-0.05, 0) is 44.5 Å². The van der Waals surface area contributed by atoms with Crippen LogP contribution in [0.4, 0.5) is 5.69 Å². The number of carbonyl (C=O) groups is 1. The van der Waals surface area contributed by atoms with Gasteiger partial charge in [-0.25, -0.2) is 0 Å². The molecule has 0 atom stereocenters. The number of aryl methyl sites for hydroxylation is 1. The minimum atomic E-state index is -0.294. The van der Waals surface area contributed by atoms with E-state index in [2.05, 4.69) is 10.5 Å². The van der Waals surface area contributed by atoms with Crippen LogP contribution >= 0.6 is 11.6 Å². The summed E-state index contributed by atoms with van der Waals surface area (Å²) in [5, 5.41) is 6.99. The summed E-state index contributed by atoms with van der Waals surface area (Å²) in [5.74, 6) is 0.764. The summed E-state index contributed by atoms with van der Waals surface area (Å²) in [6.45, 7) is 6.71. The molecule has 0 radical (unpaired) electrons. The summed E-state index contributed by atoms with van der Waals surface area (Å²) in [5.41, 5.74) is 2.50. The first-order valence-corrected chi connectivity index (χ1v) is 9.52. The highest BCUT2D eigenvalue weighted by Gasteiger charge is 2.12. The lowest BCUT2D eigenvalue weighted by Crippen LogP contribution is -2.16. The van der Waals surface area contributed by atoms with Gasteiger partial charge in [0.1, 0.15) is 0 Å². The van der Waals surface area contributed by atoms with Crippen molar-refractivity contribution in [3.63, 3.8) is 0 Å². The molecular formula is C21H25ClN2O4. The van der Waals surface area contributed by atoms with Gasteiger partial charge >= 0.3 is 0 Å². The zero-order valence-corrected chi connectivity index (χ0v) is 17.1. The Labute approximate surface area is 170 Å². The number of nitrogens with one attached hydrogen (secondary N) is 1. The van der Waals surface area contributed by atoms with E-state index in [-0.39, 0.29) is 12.5 Å². The smallest absolute Gasteiger partial charge is 0.265 e. The topological polar surface area (TPSA) is 69.2 Å². The van der Waals surface area contributed by atoms with Gasteiger partial charge in [-0.1, -0.05) is 41.4 Å². The molecule has 6 nitrogen and oxygen atoms in total. The maximum atomic E-state index is 11.9. The highest BCUT2D eigenvalue weighted by Crippen LogP contribution is 2.36. The van der Waals surface area contributed by atoms with Gasteiger partial charge in [-0.15, -0.1) is 0 Å². The van der Waals surface area contributed by atoms with Crippen LogP contribution < -0.4 is 14.8 Å². The largest absolute Gasteiger partial charge is 0.490 e. The second-order valence-electron chi connectivity index (χ2n) is 6.03. The zero-order valence-electron chi connectivity index (χ0n) is 16.3. The summed E-state index contributed by atoms with van der Waals surface area (Å²) in [7, 11) is 0. The maximum absolute atomic E-state index is 11.9. The zero-order chi connectivity index (χ0) is 20.4. The monoisotopic (exact) mass is 404 g/mol. The number of anilines is 1. The molecule has 0 bridgehead atoms. The normalized spacial score (nSPS) is 10.7. The Bertz CT molecular complexity index is 807. The molecule has 2 aromatic rings.